The number of para-hydroxylation sites is 2. The Kier molecular flexibility index (Phi) is 5.10. The molecule has 0 aliphatic carbocycles. The molecule has 6 nitrogen and oxygen atoms in total. The molecule has 2 aromatic carbocycles. The minimum Gasteiger partial charge on any atom is -0.484 e. The lowest BCUT2D eigenvalue weighted by Crippen LogP contribution is -2.50. The molecule has 0 saturated carbocycles. The molecule has 1 saturated heterocycles. The molecule has 1 aliphatic heterocycles. The number of carbonyl (C=O) groups is 1. The maximum absolute atomic E-state index is 12.5. The number of rotatable bonds is 4. The molecule has 0 atom stereocenters. The molecular weight excluding hydrogens is 352 g/mol. The Morgan fingerprint density at radius 1 is 0.929 bits per heavy atom. The highest BCUT2D eigenvalue weighted by Gasteiger charge is 2.23. The fraction of sp³-hybridized carbons (Fsp3) is 0.318. The topological polar surface area (TPSA) is 58.6 Å². The number of anilines is 1. The van der Waals surface area contributed by atoms with Gasteiger partial charge < -0.3 is 14.5 Å². The molecule has 4 rings (SSSR count). The van der Waals surface area contributed by atoms with Crippen LogP contribution in [0.4, 0.5) is 5.82 Å². The fourth-order valence-electron chi connectivity index (χ4n) is 3.42. The third-order valence-electron chi connectivity index (χ3n) is 5.04. The number of amides is 1. The van der Waals surface area contributed by atoms with Gasteiger partial charge in [-0.05, 0) is 38.1 Å². The third-order valence-corrected chi connectivity index (χ3v) is 5.04. The van der Waals surface area contributed by atoms with Gasteiger partial charge in [-0.2, -0.15) is 0 Å². The minimum absolute atomic E-state index is 0.0153. The summed E-state index contributed by atoms with van der Waals surface area (Å²) >= 11 is 0. The molecule has 1 aromatic heterocycles. The molecule has 0 unspecified atom stereocenters. The van der Waals surface area contributed by atoms with Crippen LogP contribution in [-0.2, 0) is 4.79 Å². The summed E-state index contributed by atoms with van der Waals surface area (Å²) in [6, 6.07) is 15.6. The van der Waals surface area contributed by atoms with Crippen molar-refractivity contribution in [2.45, 2.75) is 13.8 Å². The molecule has 6 heteroatoms. The molecule has 3 aromatic rings. The van der Waals surface area contributed by atoms with Gasteiger partial charge in [0, 0.05) is 26.2 Å². The van der Waals surface area contributed by atoms with Crippen LogP contribution in [0.15, 0.2) is 48.5 Å². The van der Waals surface area contributed by atoms with E-state index in [1.54, 1.807) is 0 Å². The van der Waals surface area contributed by atoms with Gasteiger partial charge >= 0.3 is 0 Å². The van der Waals surface area contributed by atoms with Gasteiger partial charge in [0.25, 0.3) is 5.91 Å². The number of aryl methyl sites for hydroxylation is 2. The highest BCUT2D eigenvalue weighted by Crippen LogP contribution is 2.21. The monoisotopic (exact) mass is 376 g/mol. The van der Waals surface area contributed by atoms with Gasteiger partial charge in [0.15, 0.2) is 12.4 Å². The first-order chi connectivity index (χ1) is 13.6. The zero-order valence-corrected chi connectivity index (χ0v) is 16.3. The second kappa shape index (κ2) is 7.84. The molecule has 144 valence electrons. The van der Waals surface area contributed by atoms with Crippen molar-refractivity contribution in [1.29, 1.82) is 0 Å². The van der Waals surface area contributed by atoms with Gasteiger partial charge in [-0.15, -0.1) is 0 Å². The lowest BCUT2D eigenvalue weighted by atomic mass is 10.2. The van der Waals surface area contributed by atoms with E-state index in [4.69, 9.17) is 9.72 Å². The summed E-state index contributed by atoms with van der Waals surface area (Å²) in [6.07, 6.45) is 0. The van der Waals surface area contributed by atoms with E-state index >= 15 is 0 Å². The SMILES string of the molecule is Cc1ccc(OCC(=O)N2CCN(c3nc4ccccc4nc3C)CC2)cc1. The Morgan fingerprint density at radius 2 is 1.57 bits per heavy atom. The van der Waals surface area contributed by atoms with Crippen molar-refractivity contribution in [2.75, 3.05) is 37.7 Å². The Balaban J connectivity index is 1.36. The Bertz CT molecular complexity index is 979. The van der Waals surface area contributed by atoms with E-state index in [9.17, 15) is 4.79 Å². The first kappa shape index (κ1) is 18.2. The molecule has 1 fully saturated rings. The van der Waals surface area contributed by atoms with Gasteiger partial charge in [-0.3, -0.25) is 4.79 Å². The molecule has 0 bridgehead atoms. The van der Waals surface area contributed by atoms with E-state index in [0.29, 0.717) is 13.1 Å². The van der Waals surface area contributed by atoms with Crippen LogP contribution in [0.25, 0.3) is 11.0 Å². The van der Waals surface area contributed by atoms with Crippen molar-refractivity contribution in [1.82, 2.24) is 14.9 Å². The molecule has 28 heavy (non-hydrogen) atoms. The second-order valence-corrected chi connectivity index (χ2v) is 7.09. The Hall–Kier alpha value is -3.15. The van der Waals surface area contributed by atoms with Crippen LogP contribution in [0.1, 0.15) is 11.3 Å². The highest BCUT2D eigenvalue weighted by molar-refractivity contribution is 5.78. The lowest BCUT2D eigenvalue weighted by molar-refractivity contribution is -0.133. The van der Waals surface area contributed by atoms with Crippen LogP contribution in [0.5, 0.6) is 5.75 Å². The molecular formula is C22H24N4O2. The number of hydrogen-bond donors (Lipinski definition) is 0. The predicted molar refractivity (Wildman–Crippen MR) is 110 cm³/mol. The maximum atomic E-state index is 12.5. The maximum Gasteiger partial charge on any atom is 0.260 e. The van der Waals surface area contributed by atoms with E-state index in [-0.39, 0.29) is 12.5 Å². The smallest absolute Gasteiger partial charge is 0.260 e. The van der Waals surface area contributed by atoms with Crippen LogP contribution in [-0.4, -0.2) is 53.6 Å². The summed E-state index contributed by atoms with van der Waals surface area (Å²) in [5.41, 5.74) is 3.89. The largest absolute Gasteiger partial charge is 0.484 e. The summed E-state index contributed by atoms with van der Waals surface area (Å²) in [5.74, 6) is 1.64. The van der Waals surface area contributed by atoms with E-state index < -0.39 is 0 Å². The van der Waals surface area contributed by atoms with Crippen LogP contribution in [0.3, 0.4) is 0 Å². The number of aromatic nitrogens is 2. The van der Waals surface area contributed by atoms with Gasteiger partial charge in [-0.1, -0.05) is 29.8 Å². The van der Waals surface area contributed by atoms with Crippen molar-refractivity contribution in [3.63, 3.8) is 0 Å². The summed E-state index contributed by atoms with van der Waals surface area (Å²) in [6.45, 7) is 6.87. The molecule has 1 aliphatic rings. The van der Waals surface area contributed by atoms with Crippen LogP contribution in [0, 0.1) is 13.8 Å². The van der Waals surface area contributed by atoms with Crippen LogP contribution >= 0.6 is 0 Å². The molecule has 0 N–H and O–H groups in total. The minimum atomic E-state index is 0.0153. The number of piperazine rings is 1. The van der Waals surface area contributed by atoms with Crippen molar-refractivity contribution in [3.8, 4) is 5.75 Å². The van der Waals surface area contributed by atoms with E-state index in [1.165, 1.54) is 5.56 Å². The molecule has 1 amide bonds. The van der Waals surface area contributed by atoms with Gasteiger partial charge in [0.1, 0.15) is 5.75 Å². The quantitative estimate of drug-likeness (QED) is 0.701. The zero-order chi connectivity index (χ0) is 19.5. The predicted octanol–water partition coefficient (Wildman–Crippen LogP) is 2.97. The van der Waals surface area contributed by atoms with Crippen LogP contribution in [0.2, 0.25) is 0 Å². The number of nitrogens with zero attached hydrogens (tertiary/aromatic N) is 4. The summed E-state index contributed by atoms with van der Waals surface area (Å²) in [4.78, 5) is 26.0. The van der Waals surface area contributed by atoms with Crippen molar-refractivity contribution < 1.29 is 9.53 Å². The summed E-state index contributed by atoms with van der Waals surface area (Å²) in [7, 11) is 0. The fourth-order valence-corrected chi connectivity index (χ4v) is 3.42. The first-order valence-electron chi connectivity index (χ1n) is 9.56. The van der Waals surface area contributed by atoms with E-state index in [1.807, 2.05) is 67.3 Å². The van der Waals surface area contributed by atoms with Gasteiger partial charge in [0.2, 0.25) is 0 Å². The van der Waals surface area contributed by atoms with Gasteiger partial charge in [-0.25, -0.2) is 9.97 Å². The normalized spacial score (nSPS) is 14.4. The number of fused-ring (bicyclic) bond motifs is 1. The molecule has 2 heterocycles. The van der Waals surface area contributed by atoms with Gasteiger partial charge in [0.05, 0.1) is 16.7 Å². The zero-order valence-electron chi connectivity index (χ0n) is 16.3. The van der Waals surface area contributed by atoms with Crippen LogP contribution < -0.4 is 9.64 Å². The standard InChI is InChI=1S/C22H24N4O2/c1-16-7-9-18(10-8-16)28-15-21(27)25-11-13-26(14-12-25)22-17(2)23-19-5-3-4-6-20(19)24-22/h3-10H,11-15H2,1-2H3. The Morgan fingerprint density at radius 3 is 2.25 bits per heavy atom. The number of carbonyl (C=O) groups excluding carboxylic acids is 1. The number of benzene rings is 2. The lowest BCUT2D eigenvalue weighted by Gasteiger charge is -2.35. The number of ether oxygens (including phenoxy) is 1. The molecule has 0 radical (unpaired) electrons. The second-order valence-electron chi connectivity index (χ2n) is 7.09. The highest BCUT2D eigenvalue weighted by atomic mass is 16.5. The van der Waals surface area contributed by atoms with Crippen molar-refractivity contribution in [2.24, 2.45) is 0 Å². The van der Waals surface area contributed by atoms with E-state index in [0.717, 1.165) is 41.4 Å². The third kappa shape index (κ3) is 3.91. The average Bonchev–Trinajstić information content (AvgIpc) is 2.73. The van der Waals surface area contributed by atoms with Crippen molar-refractivity contribution in [3.05, 3.63) is 59.8 Å². The van der Waals surface area contributed by atoms with E-state index in [2.05, 4.69) is 9.88 Å². The average molecular weight is 376 g/mol. The Labute approximate surface area is 164 Å². The first-order valence-corrected chi connectivity index (χ1v) is 9.56. The number of hydrogen-bond acceptors (Lipinski definition) is 5. The summed E-state index contributed by atoms with van der Waals surface area (Å²) in [5, 5.41) is 0. The molecule has 0 spiro atoms. The summed E-state index contributed by atoms with van der Waals surface area (Å²) < 4.78 is 5.63. The van der Waals surface area contributed by atoms with Crippen molar-refractivity contribution >= 4 is 22.8 Å².